The van der Waals surface area contributed by atoms with Gasteiger partial charge in [-0.2, -0.15) is 18.6 Å². The van der Waals surface area contributed by atoms with Crippen LogP contribution in [0.15, 0.2) is 18.5 Å². The Hall–Kier alpha value is -1.14. The molecule has 0 saturated carbocycles. The molecule has 1 aliphatic heterocycles. The van der Waals surface area contributed by atoms with E-state index in [1.54, 1.807) is 7.05 Å². The molecule has 1 saturated heterocycles. The number of halogens is 3. The van der Waals surface area contributed by atoms with Gasteiger partial charge in [-0.25, -0.2) is 4.59 Å². The summed E-state index contributed by atoms with van der Waals surface area (Å²) >= 11 is 0. The van der Waals surface area contributed by atoms with E-state index in [1.807, 2.05) is 0 Å². The average molecular weight is 246 g/mol. The topological polar surface area (TPSA) is 24.9 Å². The first-order valence-corrected chi connectivity index (χ1v) is 5.57. The molecule has 2 rings (SSSR count). The molecule has 17 heavy (non-hydrogen) atoms. The van der Waals surface area contributed by atoms with Crippen molar-refractivity contribution in [3.8, 4) is 0 Å². The molecular weight excluding hydrogens is 231 g/mol. The van der Waals surface area contributed by atoms with Crippen molar-refractivity contribution in [3.05, 3.63) is 24.0 Å². The third-order valence-electron chi connectivity index (χ3n) is 3.30. The van der Waals surface area contributed by atoms with Crippen LogP contribution >= 0.6 is 0 Å². The monoisotopic (exact) mass is 246 g/mol. The number of alkyl halides is 3. The van der Waals surface area contributed by atoms with Crippen LogP contribution < -0.4 is 10.0 Å². The molecule has 1 aromatic rings. The van der Waals surface area contributed by atoms with E-state index in [0.29, 0.717) is 10.3 Å². The first-order valence-electron chi connectivity index (χ1n) is 5.57. The molecule has 0 atom stereocenters. The van der Waals surface area contributed by atoms with Crippen LogP contribution in [0.2, 0.25) is 0 Å². The maximum Gasteiger partial charge on any atom is 0.418 e. The molecule has 0 bridgehead atoms. The van der Waals surface area contributed by atoms with Gasteiger partial charge in [-0.15, -0.1) is 0 Å². The van der Waals surface area contributed by atoms with Gasteiger partial charge in [0.1, 0.15) is 13.1 Å². The summed E-state index contributed by atoms with van der Waals surface area (Å²) in [6, 6.07) is 1.19. The molecule has 0 unspecified atom stereocenters. The van der Waals surface area contributed by atoms with Gasteiger partial charge in [0.05, 0.1) is 11.8 Å². The van der Waals surface area contributed by atoms with Crippen LogP contribution in [-0.2, 0) is 6.18 Å². The number of hydrogen-bond acceptors (Lipinski definition) is 2. The van der Waals surface area contributed by atoms with Gasteiger partial charge < -0.3 is 0 Å². The van der Waals surface area contributed by atoms with E-state index in [9.17, 15) is 13.2 Å². The number of rotatable bonds is 2. The summed E-state index contributed by atoms with van der Waals surface area (Å²) in [5.41, 5.74) is 3.00. The lowest BCUT2D eigenvalue weighted by Gasteiger charge is -2.31. The number of nitrogens with zero attached hydrogens (tertiary/aromatic N) is 2. The predicted molar refractivity (Wildman–Crippen MR) is 59.1 cm³/mol. The minimum Gasteiger partial charge on any atom is -0.258 e. The van der Waals surface area contributed by atoms with Crippen molar-refractivity contribution >= 4 is 5.69 Å². The second kappa shape index (κ2) is 4.27. The van der Waals surface area contributed by atoms with Gasteiger partial charge >= 0.3 is 6.18 Å². The van der Waals surface area contributed by atoms with E-state index in [2.05, 4.69) is 10.4 Å². The number of hydrogen-bond donors (Lipinski definition) is 1. The highest BCUT2D eigenvalue weighted by Crippen LogP contribution is 2.33. The van der Waals surface area contributed by atoms with E-state index >= 15 is 0 Å². The number of nitrogens with one attached hydrogen (secondary N) is 1. The van der Waals surface area contributed by atoms with E-state index in [-0.39, 0.29) is 0 Å². The molecule has 94 valence electrons. The molecule has 3 nitrogen and oxygen atoms in total. The van der Waals surface area contributed by atoms with Gasteiger partial charge in [0.2, 0.25) is 0 Å². The Morgan fingerprint density at radius 2 is 1.88 bits per heavy atom. The van der Waals surface area contributed by atoms with Gasteiger partial charge in [0, 0.05) is 32.2 Å². The smallest absolute Gasteiger partial charge is 0.258 e. The second-order valence-electron chi connectivity index (χ2n) is 4.28. The number of aromatic nitrogens is 1. The van der Waals surface area contributed by atoms with Gasteiger partial charge in [-0.1, -0.05) is 0 Å². The molecule has 0 spiro atoms. The lowest BCUT2D eigenvalue weighted by atomic mass is 10.2. The van der Waals surface area contributed by atoms with Gasteiger partial charge in [0.15, 0.2) is 5.69 Å². The molecule has 1 aromatic heterocycles. The van der Waals surface area contributed by atoms with E-state index in [4.69, 9.17) is 0 Å². The van der Waals surface area contributed by atoms with Crippen LogP contribution in [0.4, 0.5) is 18.9 Å². The quantitative estimate of drug-likeness (QED) is 0.810. The third-order valence-corrected chi connectivity index (χ3v) is 3.30. The van der Waals surface area contributed by atoms with Gasteiger partial charge in [0.25, 0.3) is 0 Å². The number of quaternary nitrogens is 1. The molecule has 1 fully saturated rings. The standard InChI is InChI=1S/C11H15F3N3/c1-15-17(4-2-3-5-17)10-6-9(7-16-8-10)11(12,13)14/h6-8,15H,2-5H2,1H3/q+1. The normalized spacial score (nSPS) is 19.5. The Kier molecular flexibility index (Phi) is 3.09. The lowest BCUT2D eigenvalue weighted by molar-refractivity contribution is -0.137. The summed E-state index contributed by atoms with van der Waals surface area (Å²) in [6.07, 6.45) is 0.0669. The largest absolute Gasteiger partial charge is 0.418 e. The Bertz CT molecular complexity index is 397. The first-order chi connectivity index (χ1) is 7.98. The maximum absolute atomic E-state index is 12.6. The van der Waals surface area contributed by atoms with Crippen LogP contribution in [0.1, 0.15) is 18.4 Å². The lowest BCUT2D eigenvalue weighted by Crippen LogP contribution is -2.55. The summed E-state index contributed by atoms with van der Waals surface area (Å²) < 4.78 is 38.2. The Labute approximate surface area is 97.8 Å². The van der Waals surface area contributed by atoms with Crippen molar-refractivity contribution in [3.63, 3.8) is 0 Å². The van der Waals surface area contributed by atoms with Crippen LogP contribution in [-0.4, -0.2) is 25.1 Å². The molecule has 1 aliphatic rings. The molecule has 0 radical (unpaired) electrons. The molecular formula is C11H15F3N3+. The zero-order valence-corrected chi connectivity index (χ0v) is 9.59. The van der Waals surface area contributed by atoms with Crippen LogP contribution in [0.5, 0.6) is 0 Å². The molecule has 0 aromatic carbocycles. The molecule has 1 N–H and O–H groups in total. The SMILES string of the molecule is CN[N+]1(c2cncc(C(F)(F)F)c2)CCCC1. The fourth-order valence-corrected chi connectivity index (χ4v) is 2.30. The number of pyridine rings is 1. The van der Waals surface area contributed by atoms with Crippen LogP contribution in [0, 0.1) is 0 Å². The Morgan fingerprint density at radius 3 is 2.41 bits per heavy atom. The fourth-order valence-electron chi connectivity index (χ4n) is 2.30. The van der Waals surface area contributed by atoms with E-state index < -0.39 is 11.7 Å². The van der Waals surface area contributed by atoms with Crippen molar-refractivity contribution in [1.82, 2.24) is 15.0 Å². The Morgan fingerprint density at radius 1 is 1.24 bits per heavy atom. The summed E-state index contributed by atoms with van der Waals surface area (Å²) in [6.45, 7) is 1.61. The Balaban J connectivity index is 2.39. The highest BCUT2D eigenvalue weighted by atomic mass is 19.4. The van der Waals surface area contributed by atoms with Gasteiger partial charge in [-0.05, 0) is 0 Å². The van der Waals surface area contributed by atoms with Crippen LogP contribution in [0.25, 0.3) is 0 Å². The van der Waals surface area contributed by atoms with Crippen molar-refractivity contribution in [2.45, 2.75) is 19.0 Å². The second-order valence-corrected chi connectivity index (χ2v) is 4.28. The molecule has 0 amide bonds. The van der Waals surface area contributed by atoms with E-state index in [1.165, 1.54) is 12.3 Å². The maximum atomic E-state index is 12.6. The minimum absolute atomic E-state index is 0.386. The van der Waals surface area contributed by atoms with Crippen molar-refractivity contribution in [2.75, 3.05) is 20.1 Å². The molecule has 2 heterocycles. The zero-order chi connectivity index (χ0) is 12.5. The highest BCUT2D eigenvalue weighted by Gasteiger charge is 2.37. The summed E-state index contributed by atoms with van der Waals surface area (Å²) in [4.78, 5) is 3.71. The molecule has 0 aliphatic carbocycles. The van der Waals surface area contributed by atoms with Gasteiger partial charge in [-0.3, -0.25) is 4.98 Å². The average Bonchev–Trinajstić information content (AvgIpc) is 2.78. The molecule has 6 heteroatoms. The predicted octanol–water partition coefficient (Wildman–Crippen LogP) is 2.34. The first kappa shape index (κ1) is 12.3. The third kappa shape index (κ3) is 2.28. The van der Waals surface area contributed by atoms with Crippen LogP contribution in [0.3, 0.4) is 0 Å². The minimum atomic E-state index is -4.33. The summed E-state index contributed by atoms with van der Waals surface area (Å²) in [5, 5.41) is 0. The highest BCUT2D eigenvalue weighted by molar-refractivity contribution is 5.43. The van der Waals surface area contributed by atoms with Crippen molar-refractivity contribution in [1.29, 1.82) is 0 Å². The van der Waals surface area contributed by atoms with Crippen molar-refractivity contribution < 1.29 is 13.2 Å². The summed E-state index contributed by atoms with van der Waals surface area (Å²) in [5.74, 6) is 0. The fraction of sp³-hybridized carbons (Fsp3) is 0.545. The van der Waals surface area contributed by atoms with Crippen molar-refractivity contribution in [2.24, 2.45) is 0 Å². The summed E-state index contributed by atoms with van der Waals surface area (Å²) in [7, 11) is 1.77. The van der Waals surface area contributed by atoms with E-state index in [0.717, 1.165) is 32.1 Å². The zero-order valence-electron chi connectivity index (χ0n) is 9.59.